The van der Waals surface area contributed by atoms with Gasteiger partial charge in [-0.25, -0.2) is 9.78 Å². The van der Waals surface area contributed by atoms with Crippen LogP contribution in [-0.4, -0.2) is 52.0 Å². The average Bonchev–Trinajstić information content (AvgIpc) is 2.74. The summed E-state index contributed by atoms with van der Waals surface area (Å²) in [4.78, 5) is 17.9. The molecule has 7 heteroatoms. The molecule has 3 heterocycles. The fourth-order valence-corrected chi connectivity index (χ4v) is 2.77. The Bertz CT molecular complexity index is 673. The molecule has 0 radical (unpaired) electrons. The Morgan fingerprint density at radius 3 is 2.75 bits per heavy atom. The van der Waals surface area contributed by atoms with Crippen molar-refractivity contribution in [2.75, 3.05) is 31.1 Å². The molecule has 1 fully saturated rings. The van der Waals surface area contributed by atoms with Gasteiger partial charge in [-0.2, -0.15) is 5.10 Å². The van der Waals surface area contributed by atoms with Gasteiger partial charge in [-0.3, -0.25) is 4.68 Å². The first-order valence-corrected chi connectivity index (χ1v) is 6.61. The van der Waals surface area contributed by atoms with E-state index < -0.39 is 5.97 Å². The molecule has 1 saturated heterocycles. The zero-order valence-corrected chi connectivity index (χ0v) is 11.6. The lowest BCUT2D eigenvalue weighted by molar-refractivity contribution is 0.0697. The summed E-state index contributed by atoms with van der Waals surface area (Å²) in [5.74, 6) is -0.948. The van der Waals surface area contributed by atoms with Gasteiger partial charge in [-0.05, 0) is 6.92 Å². The Labute approximate surface area is 116 Å². The first-order chi connectivity index (χ1) is 9.59. The molecule has 1 aliphatic heterocycles. The predicted molar refractivity (Wildman–Crippen MR) is 75.3 cm³/mol. The van der Waals surface area contributed by atoms with E-state index in [-0.39, 0.29) is 5.56 Å². The van der Waals surface area contributed by atoms with Crippen LogP contribution in [0.15, 0.2) is 6.20 Å². The smallest absolute Gasteiger partial charge is 0.339 e. The van der Waals surface area contributed by atoms with E-state index in [1.165, 1.54) is 6.20 Å². The van der Waals surface area contributed by atoms with Crippen LogP contribution in [0.3, 0.4) is 0 Å². The molecule has 0 amide bonds. The molecule has 2 aromatic heterocycles. The maximum absolute atomic E-state index is 11.5. The second kappa shape index (κ2) is 4.75. The molecule has 2 N–H and O–H groups in total. The Morgan fingerprint density at radius 1 is 1.40 bits per heavy atom. The summed E-state index contributed by atoms with van der Waals surface area (Å²) in [6, 6.07) is 0. The average molecular weight is 275 g/mol. The second-order valence-corrected chi connectivity index (χ2v) is 4.97. The highest BCUT2D eigenvalue weighted by Gasteiger charge is 2.24. The van der Waals surface area contributed by atoms with Gasteiger partial charge in [0.05, 0.1) is 16.8 Å². The molecular formula is C13H17N5O2. The Kier molecular flexibility index (Phi) is 3.06. The molecule has 7 nitrogen and oxygen atoms in total. The second-order valence-electron chi connectivity index (χ2n) is 4.97. The number of rotatable bonds is 2. The topological polar surface area (TPSA) is 83.3 Å². The summed E-state index contributed by atoms with van der Waals surface area (Å²) in [6.07, 6.45) is 1.43. The van der Waals surface area contributed by atoms with Gasteiger partial charge >= 0.3 is 5.97 Å². The zero-order chi connectivity index (χ0) is 14.3. The number of anilines is 1. The van der Waals surface area contributed by atoms with Crippen LogP contribution in [0.25, 0.3) is 11.0 Å². The summed E-state index contributed by atoms with van der Waals surface area (Å²) in [5, 5.41) is 17.9. The van der Waals surface area contributed by atoms with Crippen LogP contribution in [0, 0.1) is 6.92 Å². The minimum Gasteiger partial charge on any atom is -0.478 e. The van der Waals surface area contributed by atoms with Crippen molar-refractivity contribution in [3.63, 3.8) is 0 Å². The van der Waals surface area contributed by atoms with Crippen molar-refractivity contribution in [3.05, 3.63) is 17.5 Å². The molecule has 0 aliphatic carbocycles. The van der Waals surface area contributed by atoms with Gasteiger partial charge in [0.15, 0.2) is 5.65 Å². The number of carboxylic acid groups (broad SMARTS) is 1. The molecule has 0 atom stereocenters. The summed E-state index contributed by atoms with van der Waals surface area (Å²) in [7, 11) is 1.82. The molecule has 0 spiro atoms. The largest absolute Gasteiger partial charge is 0.478 e. The highest BCUT2D eigenvalue weighted by atomic mass is 16.4. The molecule has 0 bridgehead atoms. The summed E-state index contributed by atoms with van der Waals surface area (Å²) in [6.45, 7) is 5.16. The number of nitrogens with zero attached hydrogens (tertiary/aromatic N) is 4. The number of aromatic carboxylic acids is 1. The van der Waals surface area contributed by atoms with Crippen molar-refractivity contribution in [1.82, 2.24) is 20.1 Å². The number of piperazine rings is 1. The van der Waals surface area contributed by atoms with Crippen molar-refractivity contribution in [1.29, 1.82) is 0 Å². The number of hydrogen-bond acceptors (Lipinski definition) is 5. The van der Waals surface area contributed by atoms with Crippen molar-refractivity contribution >= 4 is 22.7 Å². The molecule has 1 aliphatic rings. The van der Waals surface area contributed by atoms with Crippen LogP contribution in [0.5, 0.6) is 0 Å². The lowest BCUT2D eigenvalue weighted by Gasteiger charge is -2.31. The normalized spacial score (nSPS) is 15.8. The third-order valence-electron chi connectivity index (χ3n) is 3.66. The Morgan fingerprint density at radius 2 is 2.10 bits per heavy atom. The number of nitrogens with one attached hydrogen (secondary N) is 1. The van der Waals surface area contributed by atoms with Gasteiger partial charge in [-0.15, -0.1) is 0 Å². The minimum atomic E-state index is -0.948. The highest BCUT2D eigenvalue weighted by Crippen LogP contribution is 2.32. The number of fused-ring (bicyclic) bond motifs is 1. The number of hydrogen-bond donors (Lipinski definition) is 2. The van der Waals surface area contributed by atoms with E-state index in [0.29, 0.717) is 0 Å². The third-order valence-corrected chi connectivity index (χ3v) is 3.66. The molecule has 0 unspecified atom stereocenters. The first kappa shape index (κ1) is 12.9. The SMILES string of the molecule is Cc1nn(C)c2ncc(C(=O)O)c(N3CCNCC3)c12. The number of carboxylic acids is 1. The van der Waals surface area contributed by atoms with Gasteiger partial charge in [-0.1, -0.05) is 0 Å². The zero-order valence-electron chi connectivity index (χ0n) is 11.6. The quantitative estimate of drug-likeness (QED) is 0.824. The standard InChI is InChI=1S/C13H17N5O2/c1-8-10-11(18-5-3-14-4-6-18)9(13(19)20)7-15-12(10)17(2)16-8/h7,14H,3-6H2,1-2H3,(H,19,20). The van der Waals surface area contributed by atoms with Crippen LogP contribution in [0.1, 0.15) is 16.1 Å². The monoisotopic (exact) mass is 275 g/mol. The molecule has 0 saturated carbocycles. The molecule has 3 rings (SSSR count). The van der Waals surface area contributed by atoms with Gasteiger partial charge in [0.2, 0.25) is 0 Å². The van der Waals surface area contributed by atoms with Crippen LogP contribution < -0.4 is 10.2 Å². The lowest BCUT2D eigenvalue weighted by atomic mass is 10.1. The van der Waals surface area contributed by atoms with Crippen LogP contribution in [0.4, 0.5) is 5.69 Å². The molecular weight excluding hydrogens is 258 g/mol. The van der Waals surface area contributed by atoms with E-state index in [4.69, 9.17) is 0 Å². The number of carbonyl (C=O) groups is 1. The van der Waals surface area contributed by atoms with E-state index in [9.17, 15) is 9.90 Å². The van der Waals surface area contributed by atoms with Crippen molar-refractivity contribution in [3.8, 4) is 0 Å². The number of aromatic nitrogens is 3. The third kappa shape index (κ3) is 1.90. The molecule has 20 heavy (non-hydrogen) atoms. The fraction of sp³-hybridized carbons (Fsp3) is 0.462. The number of aryl methyl sites for hydroxylation is 2. The van der Waals surface area contributed by atoms with Gasteiger partial charge in [0.25, 0.3) is 0 Å². The van der Waals surface area contributed by atoms with E-state index in [2.05, 4.69) is 20.3 Å². The van der Waals surface area contributed by atoms with Gasteiger partial charge < -0.3 is 15.3 Å². The Hall–Kier alpha value is -2.15. The van der Waals surface area contributed by atoms with Crippen LogP contribution >= 0.6 is 0 Å². The van der Waals surface area contributed by atoms with Crippen molar-refractivity contribution in [2.24, 2.45) is 7.05 Å². The molecule has 106 valence electrons. The first-order valence-electron chi connectivity index (χ1n) is 6.61. The maximum Gasteiger partial charge on any atom is 0.339 e. The minimum absolute atomic E-state index is 0.246. The van der Waals surface area contributed by atoms with Crippen LogP contribution in [0.2, 0.25) is 0 Å². The van der Waals surface area contributed by atoms with E-state index >= 15 is 0 Å². The van der Waals surface area contributed by atoms with Crippen molar-refractivity contribution < 1.29 is 9.90 Å². The van der Waals surface area contributed by atoms with E-state index in [1.807, 2.05) is 14.0 Å². The van der Waals surface area contributed by atoms with E-state index in [0.717, 1.165) is 48.6 Å². The van der Waals surface area contributed by atoms with Crippen molar-refractivity contribution in [2.45, 2.75) is 6.92 Å². The predicted octanol–water partition coefficient (Wildman–Crippen LogP) is 0.385. The van der Waals surface area contributed by atoms with Crippen LogP contribution in [-0.2, 0) is 7.05 Å². The summed E-state index contributed by atoms with van der Waals surface area (Å²) < 4.78 is 1.70. The lowest BCUT2D eigenvalue weighted by Crippen LogP contribution is -2.44. The Balaban J connectivity index is 2.28. The molecule has 0 aromatic carbocycles. The van der Waals surface area contributed by atoms with E-state index in [1.54, 1.807) is 4.68 Å². The molecule has 2 aromatic rings. The summed E-state index contributed by atoms with van der Waals surface area (Å²) >= 11 is 0. The fourth-order valence-electron chi connectivity index (χ4n) is 2.77. The highest BCUT2D eigenvalue weighted by molar-refractivity contribution is 6.04. The summed E-state index contributed by atoms with van der Waals surface area (Å²) in [5.41, 5.74) is 2.53. The van der Waals surface area contributed by atoms with Gasteiger partial charge in [0.1, 0.15) is 5.56 Å². The number of pyridine rings is 1. The maximum atomic E-state index is 11.5. The van der Waals surface area contributed by atoms with Gasteiger partial charge in [0, 0.05) is 39.4 Å².